The van der Waals surface area contributed by atoms with Crippen molar-refractivity contribution in [3.63, 3.8) is 0 Å². The minimum absolute atomic E-state index is 0.0916. The van der Waals surface area contributed by atoms with Gasteiger partial charge in [-0.05, 0) is 30.3 Å². The van der Waals surface area contributed by atoms with Crippen LogP contribution in [0.4, 0.5) is 5.69 Å². The van der Waals surface area contributed by atoms with Gasteiger partial charge in [-0.2, -0.15) is 0 Å². The van der Waals surface area contributed by atoms with Crippen LogP contribution in [0.2, 0.25) is 5.02 Å². The highest BCUT2D eigenvalue weighted by Gasteiger charge is 2.14. The number of anilines is 1. The molecule has 1 aromatic heterocycles. The third-order valence-electron chi connectivity index (χ3n) is 3.30. The maximum Gasteiger partial charge on any atom is 0.337 e. The number of benzene rings is 1. The van der Waals surface area contributed by atoms with Crippen molar-refractivity contribution in [2.75, 3.05) is 19.0 Å². The normalized spacial score (nSPS) is 9.92. The molecule has 134 valence electrons. The van der Waals surface area contributed by atoms with Crippen LogP contribution in [0.5, 0.6) is 0 Å². The summed E-state index contributed by atoms with van der Waals surface area (Å²) in [6.45, 7) is 3.79. The highest BCUT2D eigenvalue weighted by atomic mass is 35.5. The molecule has 0 aliphatic carbocycles. The van der Waals surface area contributed by atoms with E-state index in [2.05, 4.69) is 26.9 Å². The highest BCUT2D eigenvalue weighted by Crippen LogP contribution is 2.24. The SMILES string of the molecule is C=CCNC(=O)c1cc(C(=O)Nc2cc(C(=O)OC)ccc2Cl)ccn1. The fourth-order valence-corrected chi connectivity index (χ4v) is 2.18. The van der Waals surface area contributed by atoms with E-state index < -0.39 is 17.8 Å². The third kappa shape index (κ3) is 4.67. The first-order valence-electron chi connectivity index (χ1n) is 7.50. The fourth-order valence-electron chi connectivity index (χ4n) is 2.01. The Balaban J connectivity index is 2.21. The van der Waals surface area contributed by atoms with Crippen LogP contribution in [-0.2, 0) is 4.74 Å². The molecule has 26 heavy (non-hydrogen) atoms. The minimum Gasteiger partial charge on any atom is -0.465 e. The Kier molecular flexibility index (Phi) is 6.46. The molecule has 0 fully saturated rings. The molecule has 7 nitrogen and oxygen atoms in total. The van der Waals surface area contributed by atoms with Gasteiger partial charge in [0.1, 0.15) is 5.69 Å². The molecule has 0 unspecified atom stereocenters. The fraction of sp³-hybridized carbons (Fsp3) is 0.111. The lowest BCUT2D eigenvalue weighted by molar-refractivity contribution is 0.0600. The van der Waals surface area contributed by atoms with E-state index in [1.165, 1.54) is 49.7 Å². The van der Waals surface area contributed by atoms with Crippen LogP contribution in [0.15, 0.2) is 49.2 Å². The van der Waals surface area contributed by atoms with E-state index >= 15 is 0 Å². The van der Waals surface area contributed by atoms with Crippen LogP contribution < -0.4 is 10.6 Å². The molecule has 2 rings (SSSR count). The van der Waals surface area contributed by atoms with E-state index in [9.17, 15) is 14.4 Å². The van der Waals surface area contributed by atoms with Crippen molar-refractivity contribution in [1.82, 2.24) is 10.3 Å². The van der Waals surface area contributed by atoms with E-state index in [1.54, 1.807) is 0 Å². The van der Waals surface area contributed by atoms with Gasteiger partial charge < -0.3 is 15.4 Å². The largest absolute Gasteiger partial charge is 0.465 e. The second kappa shape index (κ2) is 8.77. The van der Waals surface area contributed by atoms with Crippen LogP contribution in [0.25, 0.3) is 0 Å². The van der Waals surface area contributed by atoms with Gasteiger partial charge in [0.2, 0.25) is 0 Å². The average molecular weight is 374 g/mol. The van der Waals surface area contributed by atoms with E-state index in [0.717, 1.165) is 0 Å². The molecular formula is C18H16ClN3O4. The number of carbonyl (C=O) groups excluding carboxylic acids is 3. The molecule has 0 aliphatic rings. The maximum atomic E-state index is 12.4. The standard InChI is InChI=1S/C18H16ClN3O4/c1-3-7-21-17(24)15-9-11(6-8-20-15)16(23)22-14-10-12(18(25)26-2)4-5-13(14)19/h3-6,8-10H,1,7H2,2H3,(H,21,24)(H,22,23). The number of methoxy groups -OCH3 is 1. The van der Waals surface area contributed by atoms with Gasteiger partial charge in [-0.15, -0.1) is 6.58 Å². The lowest BCUT2D eigenvalue weighted by atomic mass is 10.1. The zero-order valence-corrected chi connectivity index (χ0v) is 14.7. The summed E-state index contributed by atoms with van der Waals surface area (Å²) < 4.78 is 4.64. The number of carbonyl (C=O) groups is 3. The molecule has 0 spiro atoms. The first-order valence-corrected chi connectivity index (χ1v) is 7.88. The zero-order valence-electron chi connectivity index (χ0n) is 13.9. The average Bonchev–Trinajstić information content (AvgIpc) is 2.67. The van der Waals surface area contributed by atoms with Crippen LogP contribution in [0.1, 0.15) is 31.2 Å². The number of amides is 2. The zero-order chi connectivity index (χ0) is 19.1. The number of hydrogen-bond acceptors (Lipinski definition) is 5. The molecule has 8 heteroatoms. The van der Waals surface area contributed by atoms with Gasteiger partial charge in [0, 0.05) is 18.3 Å². The van der Waals surface area contributed by atoms with E-state index in [1.807, 2.05) is 0 Å². The summed E-state index contributed by atoms with van der Waals surface area (Å²) in [5.74, 6) is -1.48. The van der Waals surface area contributed by atoms with Gasteiger partial charge >= 0.3 is 5.97 Å². The molecule has 0 atom stereocenters. The van der Waals surface area contributed by atoms with Gasteiger partial charge in [0.25, 0.3) is 11.8 Å². The number of nitrogens with zero attached hydrogens (tertiary/aromatic N) is 1. The van der Waals surface area contributed by atoms with Crippen LogP contribution in [0.3, 0.4) is 0 Å². The quantitative estimate of drug-likeness (QED) is 0.599. The molecule has 0 radical (unpaired) electrons. The Hall–Kier alpha value is -3.19. The molecule has 1 aromatic carbocycles. The highest BCUT2D eigenvalue weighted by molar-refractivity contribution is 6.34. The second-order valence-electron chi connectivity index (χ2n) is 5.07. The van der Waals surface area contributed by atoms with Crippen LogP contribution >= 0.6 is 11.6 Å². The number of rotatable bonds is 6. The summed E-state index contributed by atoms with van der Waals surface area (Å²) >= 11 is 6.06. The number of hydrogen-bond donors (Lipinski definition) is 2. The summed E-state index contributed by atoms with van der Waals surface area (Å²) in [5, 5.41) is 5.43. The lowest BCUT2D eigenvalue weighted by Crippen LogP contribution is -2.24. The number of aromatic nitrogens is 1. The minimum atomic E-state index is -0.553. The predicted molar refractivity (Wildman–Crippen MR) is 97.5 cm³/mol. The Morgan fingerprint density at radius 2 is 1.96 bits per heavy atom. The summed E-state index contributed by atoms with van der Waals surface area (Å²) in [7, 11) is 1.26. The summed E-state index contributed by atoms with van der Waals surface area (Å²) in [4.78, 5) is 39.9. The smallest absolute Gasteiger partial charge is 0.337 e. The third-order valence-corrected chi connectivity index (χ3v) is 3.63. The van der Waals surface area contributed by atoms with Gasteiger partial charge in [-0.1, -0.05) is 17.7 Å². The van der Waals surface area contributed by atoms with Crippen molar-refractivity contribution < 1.29 is 19.1 Å². The Labute approximate surface area is 155 Å². The van der Waals surface area contributed by atoms with E-state index in [-0.39, 0.29) is 34.1 Å². The van der Waals surface area contributed by atoms with Crippen LogP contribution in [-0.4, -0.2) is 36.4 Å². The molecule has 0 aliphatic heterocycles. The van der Waals surface area contributed by atoms with E-state index in [4.69, 9.17) is 11.6 Å². The number of halogens is 1. The van der Waals surface area contributed by atoms with Gasteiger partial charge in [-0.3, -0.25) is 14.6 Å². The van der Waals surface area contributed by atoms with Gasteiger partial charge in [0.05, 0.1) is 23.4 Å². The van der Waals surface area contributed by atoms with Crippen molar-refractivity contribution in [3.8, 4) is 0 Å². The monoisotopic (exact) mass is 373 g/mol. The van der Waals surface area contributed by atoms with Crippen molar-refractivity contribution in [1.29, 1.82) is 0 Å². The Morgan fingerprint density at radius 3 is 2.65 bits per heavy atom. The molecule has 2 aromatic rings. The van der Waals surface area contributed by atoms with Crippen molar-refractivity contribution >= 4 is 35.1 Å². The molecule has 0 bridgehead atoms. The lowest BCUT2D eigenvalue weighted by Gasteiger charge is -2.09. The molecule has 0 saturated carbocycles. The van der Waals surface area contributed by atoms with Crippen molar-refractivity contribution in [2.24, 2.45) is 0 Å². The topological polar surface area (TPSA) is 97.4 Å². The van der Waals surface area contributed by atoms with Crippen molar-refractivity contribution in [2.45, 2.75) is 0 Å². The van der Waals surface area contributed by atoms with Crippen LogP contribution in [0, 0.1) is 0 Å². The number of nitrogens with one attached hydrogen (secondary N) is 2. The molecule has 2 amide bonds. The Bertz CT molecular complexity index is 867. The number of esters is 1. The van der Waals surface area contributed by atoms with E-state index in [0.29, 0.717) is 0 Å². The molecule has 0 saturated heterocycles. The predicted octanol–water partition coefficient (Wildman–Crippen LogP) is 2.69. The molecule has 2 N–H and O–H groups in total. The summed E-state index contributed by atoms with van der Waals surface area (Å²) in [6.07, 6.45) is 2.88. The number of pyridine rings is 1. The molecule has 1 heterocycles. The maximum absolute atomic E-state index is 12.4. The first kappa shape index (κ1) is 19.1. The van der Waals surface area contributed by atoms with Crippen molar-refractivity contribution in [3.05, 3.63) is 71.0 Å². The summed E-state index contributed by atoms with van der Waals surface area (Å²) in [6, 6.07) is 7.18. The van der Waals surface area contributed by atoms with Gasteiger partial charge in [0.15, 0.2) is 0 Å². The molecular weight excluding hydrogens is 358 g/mol. The number of ether oxygens (including phenoxy) is 1. The van der Waals surface area contributed by atoms with Gasteiger partial charge in [-0.25, -0.2) is 4.79 Å². The second-order valence-corrected chi connectivity index (χ2v) is 5.48. The first-order chi connectivity index (χ1) is 12.5. The Morgan fingerprint density at radius 1 is 1.19 bits per heavy atom. The summed E-state index contributed by atoms with van der Waals surface area (Å²) in [5.41, 5.74) is 0.789.